The van der Waals surface area contributed by atoms with Crippen molar-refractivity contribution in [2.75, 3.05) is 18.3 Å². The summed E-state index contributed by atoms with van der Waals surface area (Å²) >= 11 is 0. The number of fused-ring (bicyclic) bond motifs is 1. The van der Waals surface area contributed by atoms with Crippen LogP contribution >= 0.6 is 0 Å². The third-order valence-electron chi connectivity index (χ3n) is 4.99. The Morgan fingerprint density at radius 1 is 1.26 bits per heavy atom. The van der Waals surface area contributed by atoms with Crippen molar-refractivity contribution in [3.63, 3.8) is 0 Å². The van der Waals surface area contributed by atoms with E-state index in [2.05, 4.69) is 5.10 Å². The fourth-order valence-electron chi connectivity index (χ4n) is 3.55. The van der Waals surface area contributed by atoms with Gasteiger partial charge in [0.1, 0.15) is 0 Å². The van der Waals surface area contributed by atoms with Crippen LogP contribution in [0.4, 0.5) is 0 Å². The number of hydrogen-bond acceptors (Lipinski definition) is 6. The topological polar surface area (TPSA) is 87.5 Å². The molecule has 0 spiro atoms. The van der Waals surface area contributed by atoms with Crippen molar-refractivity contribution >= 4 is 21.7 Å². The van der Waals surface area contributed by atoms with Crippen LogP contribution in [0.3, 0.4) is 0 Å². The summed E-state index contributed by atoms with van der Waals surface area (Å²) in [6.07, 6.45) is 3.82. The molecule has 8 heteroatoms. The van der Waals surface area contributed by atoms with Gasteiger partial charge in [-0.2, -0.15) is 5.10 Å². The maximum atomic E-state index is 12.5. The second-order valence-corrected chi connectivity index (χ2v) is 9.08. The Bertz CT molecular complexity index is 1050. The molecule has 1 saturated heterocycles. The first-order valence-electron chi connectivity index (χ1n) is 8.72. The summed E-state index contributed by atoms with van der Waals surface area (Å²) in [7, 11) is -2.99. The predicted octanol–water partition coefficient (Wildman–Crippen LogP) is 2.48. The minimum atomic E-state index is -2.99. The van der Waals surface area contributed by atoms with Gasteiger partial charge < -0.3 is 9.47 Å². The molecule has 0 saturated carbocycles. The van der Waals surface area contributed by atoms with Gasteiger partial charge in [0, 0.05) is 16.8 Å². The van der Waals surface area contributed by atoms with Crippen LogP contribution in [0.15, 0.2) is 24.3 Å². The minimum Gasteiger partial charge on any atom is -0.454 e. The maximum Gasteiger partial charge on any atom is 0.231 e. The second-order valence-electron chi connectivity index (χ2n) is 6.85. The summed E-state index contributed by atoms with van der Waals surface area (Å²) in [6.45, 7) is 3.92. The number of sulfone groups is 1. The highest BCUT2D eigenvalue weighted by atomic mass is 32.2. The van der Waals surface area contributed by atoms with Gasteiger partial charge in [-0.05, 0) is 50.6 Å². The molecule has 0 bridgehead atoms. The number of ketones is 1. The molecule has 2 aliphatic heterocycles. The summed E-state index contributed by atoms with van der Waals surface area (Å²) in [5, 5.41) is 4.51. The van der Waals surface area contributed by atoms with Gasteiger partial charge in [0.25, 0.3) is 0 Å². The van der Waals surface area contributed by atoms with Gasteiger partial charge in [0.15, 0.2) is 27.1 Å². The van der Waals surface area contributed by atoms with E-state index < -0.39 is 9.84 Å². The van der Waals surface area contributed by atoms with Gasteiger partial charge in [-0.1, -0.05) is 0 Å². The molecule has 2 aliphatic rings. The van der Waals surface area contributed by atoms with Crippen molar-refractivity contribution in [3.8, 4) is 11.5 Å². The Morgan fingerprint density at radius 2 is 2.04 bits per heavy atom. The normalized spacial score (nSPS) is 20.4. The zero-order valence-corrected chi connectivity index (χ0v) is 16.0. The van der Waals surface area contributed by atoms with Gasteiger partial charge in [-0.25, -0.2) is 8.42 Å². The first-order valence-corrected chi connectivity index (χ1v) is 10.5. The summed E-state index contributed by atoms with van der Waals surface area (Å²) in [4.78, 5) is 12.5. The van der Waals surface area contributed by atoms with Crippen molar-refractivity contribution in [1.29, 1.82) is 0 Å². The number of rotatable bonds is 4. The highest BCUT2D eigenvalue weighted by Gasteiger charge is 2.31. The Balaban J connectivity index is 1.56. The number of nitrogens with zero attached hydrogens (tertiary/aromatic N) is 2. The van der Waals surface area contributed by atoms with Crippen molar-refractivity contribution in [3.05, 3.63) is 46.8 Å². The first kappa shape index (κ1) is 17.8. The monoisotopic (exact) mass is 388 g/mol. The molecule has 0 radical (unpaired) electrons. The molecule has 0 aliphatic carbocycles. The van der Waals surface area contributed by atoms with E-state index in [-0.39, 0.29) is 30.1 Å². The molecule has 2 aromatic rings. The van der Waals surface area contributed by atoms with Crippen molar-refractivity contribution in [2.24, 2.45) is 0 Å². The Labute approximate surface area is 157 Å². The van der Waals surface area contributed by atoms with Crippen molar-refractivity contribution in [2.45, 2.75) is 26.3 Å². The summed E-state index contributed by atoms with van der Waals surface area (Å²) in [5.74, 6) is 1.37. The van der Waals surface area contributed by atoms with E-state index in [9.17, 15) is 13.2 Å². The van der Waals surface area contributed by atoms with E-state index in [0.717, 1.165) is 17.0 Å². The molecule has 0 unspecified atom stereocenters. The molecule has 1 fully saturated rings. The van der Waals surface area contributed by atoms with Crippen LogP contribution in [0.25, 0.3) is 6.08 Å². The van der Waals surface area contributed by atoms with E-state index >= 15 is 0 Å². The molecule has 1 aromatic heterocycles. The molecule has 0 N–H and O–H groups in total. The standard InChI is InChI=1S/C19H20N2O5S/c1-12-16(13(2)21(20-12)15-7-8-27(23,24)10-15)4-5-17(22)14-3-6-18-19(9-14)26-11-25-18/h3-6,9,15H,7-8,10-11H2,1-2H3/b5-4+/t15-/m1/s1. The molecule has 3 heterocycles. The van der Waals surface area contributed by atoms with Gasteiger partial charge >= 0.3 is 0 Å². The van der Waals surface area contributed by atoms with Gasteiger partial charge in [0.05, 0.1) is 23.2 Å². The lowest BCUT2D eigenvalue weighted by Crippen LogP contribution is -2.13. The average Bonchev–Trinajstić information content (AvgIpc) is 3.30. The van der Waals surface area contributed by atoms with Crippen LogP contribution in [0.2, 0.25) is 0 Å². The predicted molar refractivity (Wildman–Crippen MR) is 99.9 cm³/mol. The average molecular weight is 388 g/mol. The Kier molecular flexibility index (Phi) is 4.30. The van der Waals surface area contributed by atoms with Gasteiger partial charge in [-0.3, -0.25) is 9.48 Å². The number of benzene rings is 1. The fraction of sp³-hybridized carbons (Fsp3) is 0.368. The molecule has 142 valence electrons. The third-order valence-corrected chi connectivity index (χ3v) is 6.74. The van der Waals surface area contributed by atoms with Gasteiger partial charge in [-0.15, -0.1) is 0 Å². The van der Waals surface area contributed by atoms with Crippen LogP contribution < -0.4 is 9.47 Å². The van der Waals surface area contributed by atoms with Crippen LogP contribution in [-0.4, -0.2) is 42.3 Å². The molecular weight excluding hydrogens is 368 g/mol. The van der Waals surface area contributed by atoms with Gasteiger partial charge in [0.2, 0.25) is 6.79 Å². The lowest BCUT2D eigenvalue weighted by molar-refractivity contribution is 0.104. The lowest BCUT2D eigenvalue weighted by Gasteiger charge is -2.10. The van der Waals surface area contributed by atoms with Crippen molar-refractivity contribution in [1.82, 2.24) is 9.78 Å². The Hall–Kier alpha value is -2.61. The zero-order valence-electron chi connectivity index (χ0n) is 15.1. The number of allylic oxidation sites excluding steroid dienone is 1. The number of carbonyl (C=O) groups is 1. The van der Waals surface area contributed by atoms with E-state index in [4.69, 9.17) is 9.47 Å². The molecular formula is C19H20N2O5S. The summed E-state index contributed by atoms with van der Waals surface area (Å²) in [6, 6.07) is 4.95. The highest BCUT2D eigenvalue weighted by Crippen LogP contribution is 2.33. The largest absolute Gasteiger partial charge is 0.454 e. The molecule has 4 rings (SSSR count). The number of aromatic nitrogens is 2. The number of ether oxygens (including phenoxy) is 2. The Morgan fingerprint density at radius 3 is 2.78 bits per heavy atom. The lowest BCUT2D eigenvalue weighted by atomic mass is 10.1. The SMILES string of the molecule is Cc1nn([C@@H]2CCS(=O)(=O)C2)c(C)c1/C=C/C(=O)c1ccc2c(c1)OCO2. The quantitative estimate of drug-likeness (QED) is 0.591. The first-order chi connectivity index (χ1) is 12.8. The molecule has 1 aromatic carbocycles. The van der Waals surface area contributed by atoms with E-state index in [1.54, 1.807) is 29.0 Å². The van der Waals surface area contributed by atoms with Crippen molar-refractivity contribution < 1.29 is 22.7 Å². The smallest absolute Gasteiger partial charge is 0.231 e. The van der Waals surface area contributed by atoms with E-state index in [1.807, 2.05) is 13.8 Å². The van der Waals surface area contributed by atoms with E-state index in [0.29, 0.717) is 23.5 Å². The third kappa shape index (κ3) is 3.37. The van der Waals surface area contributed by atoms with Crippen LogP contribution in [-0.2, 0) is 9.84 Å². The number of hydrogen-bond donors (Lipinski definition) is 0. The maximum absolute atomic E-state index is 12.5. The second kappa shape index (κ2) is 6.53. The zero-order chi connectivity index (χ0) is 19.2. The van der Waals surface area contributed by atoms with Crippen LogP contribution in [0, 0.1) is 13.8 Å². The molecule has 27 heavy (non-hydrogen) atoms. The number of aryl methyl sites for hydroxylation is 1. The summed E-state index contributed by atoms with van der Waals surface area (Å²) < 4.78 is 35.8. The minimum absolute atomic E-state index is 0.119. The molecule has 0 amide bonds. The molecule has 1 atom stereocenters. The van der Waals surface area contributed by atoms with Crippen LogP contribution in [0.1, 0.15) is 39.8 Å². The highest BCUT2D eigenvalue weighted by molar-refractivity contribution is 7.91. The fourth-order valence-corrected chi connectivity index (χ4v) is 5.24. The molecule has 7 nitrogen and oxygen atoms in total. The summed E-state index contributed by atoms with van der Waals surface area (Å²) in [5.41, 5.74) is 2.99. The number of carbonyl (C=O) groups excluding carboxylic acids is 1. The van der Waals surface area contributed by atoms with Crippen LogP contribution in [0.5, 0.6) is 11.5 Å². The van der Waals surface area contributed by atoms with E-state index in [1.165, 1.54) is 6.08 Å².